The normalized spacial score (nSPS) is 13.1. The largest absolute Gasteiger partial charge is 0.448 e. The van der Waals surface area contributed by atoms with E-state index in [4.69, 9.17) is 0 Å². The van der Waals surface area contributed by atoms with E-state index in [0.29, 0.717) is 0 Å². The van der Waals surface area contributed by atoms with Gasteiger partial charge in [0.05, 0.1) is 10.5 Å². The average molecular weight is 371 g/mol. The van der Waals surface area contributed by atoms with Crippen LogP contribution in [0.3, 0.4) is 0 Å². The van der Waals surface area contributed by atoms with E-state index in [1.54, 1.807) is 0 Å². The summed E-state index contributed by atoms with van der Waals surface area (Å²) in [7, 11) is 0. The Balaban J connectivity index is 2.35. The zero-order valence-electron chi connectivity index (χ0n) is 12.9. The molecule has 1 atom stereocenters. The van der Waals surface area contributed by atoms with Crippen molar-refractivity contribution in [3.63, 3.8) is 0 Å². The molecule has 2 aromatic carbocycles. The molecule has 0 aliphatic heterocycles. The highest BCUT2D eigenvalue weighted by atomic mass is 19.4. The van der Waals surface area contributed by atoms with Crippen molar-refractivity contribution in [3.8, 4) is 0 Å². The number of carbonyl (C=O) groups excluding carboxylic acids is 1. The molecule has 0 aromatic heterocycles. The lowest BCUT2D eigenvalue weighted by molar-refractivity contribution is -0.384. The minimum absolute atomic E-state index is 0.297. The van der Waals surface area contributed by atoms with Crippen molar-refractivity contribution < 1.29 is 37.8 Å². The van der Waals surface area contributed by atoms with Crippen LogP contribution in [-0.2, 0) is 4.74 Å². The first-order chi connectivity index (χ1) is 12.0. The number of aliphatic hydroxyl groups is 2. The van der Waals surface area contributed by atoms with Crippen LogP contribution in [0.25, 0.3) is 0 Å². The maximum Gasteiger partial charge on any atom is 0.447 e. The maximum absolute atomic E-state index is 13.0. The van der Waals surface area contributed by atoms with Crippen molar-refractivity contribution in [2.45, 2.75) is 18.1 Å². The van der Waals surface area contributed by atoms with Crippen molar-refractivity contribution in [1.29, 1.82) is 0 Å². The van der Waals surface area contributed by atoms with Gasteiger partial charge < -0.3 is 14.9 Å². The van der Waals surface area contributed by atoms with Crippen LogP contribution >= 0.6 is 0 Å². The molecule has 0 saturated heterocycles. The van der Waals surface area contributed by atoms with Crippen LogP contribution in [0.1, 0.15) is 22.0 Å². The summed E-state index contributed by atoms with van der Waals surface area (Å²) in [6, 6.07) is 10.3. The number of nitro benzene ring substituents is 1. The van der Waals surface area contributed by atoms with Crippen LogP contribution in [0, 0.1) is 10.1 Å². The zero-order valence-corrected chi connectivity index (χ0v) is 12.9. The molecule has 0 spiro atoms. The first-order valence-corrected chi connectivity index (χ1v) is 7.06. The number of nitrogens with zero attached hydrogens (tertiary/aromatic N) is 1. The second-order valence-corrected chi connectivity index (χ2v) is 5.22. The summed E-state index contributed by atoms with van der Waals surface area (Å²) in [5.41, 5.74) is -0.935. The maximum atomic E-state index is 13.0. The molecule has 2 N–H and O–H groups in total. The molecule has 0 aliphatic rings. The van der Waals surface area contributed by atoms with Gasteiger partial charge in [-0.25, -0.2) is 4.79 Å². The van der Waals surface area contributed by atoms with Crippen LogP contribution in [0.15, 0.2) is 54.6 Å². The van der Waals surface area contributed by atoms with Gasteiger partial charge in [0.2, 0.25) is 0 Å². The summed E-state index contributed by atoms with van der Waals surface area (Å²) in [6.45, 7) is 0. The number of esters is 1. The number of hydrogen-bond donors (Lipinski definition) is 2. The number of halogens is 3. The van der Waals surface area contributed by atoms with Gasteiger partial charge in [0.15, 0.2) is 6.10 Å². The van der Waals surface area contributed by atoms with Gasteiger partial charge in [-0.2, -0.15) is 13.2 Å². The highest BCUT2D eigenvalue weighted by Crippen LogP contribution is 2.40. The fraction of sp³-hybridized carbons (Fsp3) is 0.188. The molecule has 7 nitrogen and oxygen atoms in total. The molecular formula is C16H12F3NO6. The Hall–Kier alpha value is -2.98. The van der Waals surface area contributed by atoms with Crippen molar-refractivity contribution in [2.24, 2.45) is 0 Å². The molecule has 10 heteroatoms. The van der Waals surface area contributed by atoms with Crippen LogP contribution < -0.4 is 0 Å². The minimum Gasteiger partial charge on any atom is -0.448 e. The third kappa shape index (κ3) is 3.98. The first-order valence-electron chi connectivity index (χ1n) is 7.06. The fourth-order valence-electron chi connectivity index (χ4n) is 2.05. The Morgan fingerprint density at radius 3 is 2.04 bits per heavy atom. The van der Waals surface area contributed by atoms with Gasteiger partial charge in [0, 0.05) is 12.1 Å². The molecular weight excluding hydrogens is 359 g/mol. The van der Waals surface area contributed by atoms with Crippen molar-refractivity contribution in [1.82, 2.24) is 0 Å². The first kappa shape index (κ1) is 19.3. The summed E-state index contributed by atoms with van der Waals surface area (Å²) >= 11 is 0. The smallest absolute Gasteiger partial charge is 0.447 e. The van der Waals surface area contributed by atoms with Gasteiger partial charge in [0.1, 0.15) is 0 Å². The SMILES string of the molecule is O=C(OC(c1ccccc1)C(O)(O)C(F)(F)F)c1ccc([N+](=O)[O-])cc1. The summed E-state index contributed by atoms with van der Waals surface area (Å²) in [4.78, 5) is 22.0. The van der Waals surface area contributed by atoms with Gasteiger partial charge in [-0.3, -0.25) is 10.1 Å². The number of nitro groups is 1. The number of hydrogen-bond acceptors (Lipinski definition) is 6. The third-order valence-corrected chi connectivity index (χ3v) is 3.42. The van der Waals surface area contributed by atoms with Gasteiger partial charge in [0.25, 0.3) is 5.69 Å². The summed E-state index contributed by atoms with van der Waals surface area (Å²) in [5.74, 6) is -5.66. The van der Waals surface area contributed by atoms with Crippen LogP contribution in [0.4, 0.5) is 18.9 Å². The quantitative estimate of drug-likeness (QED) is 0.362. The topological polar surface area (TPSA) is 110 Å². The monoisotopic (exact) mass is 371 g/mol. The van der Waals surface area contributed by atoms with Crippen LogP contribution in [0.5, 0.6) is 0 Å². The third-order valence-electron chi connectivity index (χ3n) is 3.42. The summed E-state index contributed by atoms with van der Waals surface area (Å²) in [6.07, 6.45) is -7.98. The highest BCUT2D eigenvalue weighted by Gasteiger charge is 2.60. The van der Waals surface area contributed by atoms with Gasteiger partial charge in [-0.15, -0.1) is 0 Å². The molecule has 26 heavy (non-hydrogen) atoms. The van der Waals surface area contributed by atoms with Crippen molar-refractivity contribution in [2.75, 3.05) is 0 Å². The number of alkyl halides is 3. The number of carbonyl (C=O) groups is 1. The van der Waals surface area contributed by atoms with Gasteiger partial charge >= 0.3 is 17.9 Å². The van der Waals surface area contributed by atoms with Crippen molar-refractivity contribution in [3.05, 3.63) is 75.8 Å². The Morgan fingerprint density at radius 1 is 1.04 bits per heavy atom. The molecule has 1 unspecified atom stereocenters. The summed E-state index contributed by atoms with van der Waals surface area (Å²) < 4.78 is 43.7. The van der Waals surface area contributed by atoms with E-state index >= 15 is 0 Å². The lowest BCUT2D eigenvalue weighted by Gasteiger charge is -2.32. The average Bonchev–Trinajstić information content (AvgIpc) is 2.59. The molecule has 0 bridgehead atoms. The lowest BCUT2D eigenvalue weighted by Crippen LogP contribution is -2.51. The zero-order chi connectivity index (χ0) is 19.5. The van der Waals surface area contributed by atoms with E-state index in [1.807, 2.05) is 0 Å². The van der Waals surface area contributed by atoms with E-state index in [1.165, 1.54) is 18.2 Å². The van der Waals surface area contributed by atoms with Gasteiger partial charge in [-0.1, -0.05) is 30.3 Å². The predicted octanol–water partition coefficient (Wildman–Crippen LogP) is 2.74. The van der Waals surface area contributed by atoms with E-state index in [2.05, 4.69) is 4.74 Å². The number of benzene rings is 2. The minimum atomic E-state index is -5.51. The Labute approximate surface area is 144 Å². The van der Waals surface area contributed by atoms with E-state index in [9.17, 15) is 38.3 Å². The van der Waals surface area contributed by atoms with Crippen LogP contribution in [-0.4, -0.2) is 33.1 Å². The Bertz CT molecular complexity index is 790. The molecule has 0 aliphatic carbocycles. The molecule has 0 heterocycles. The standard InChI is InChI=1S/C16H12F3NO6/c17-16(18,19)15(22,23)13(10-4-2-1-3-5-10)26-14(21)11-6-8-12(9-7-11)20(24)25/h1-9,13,22-23H. The molecule has 0 saturated carbocycles. The van der Waals surface area contributed by atoms with E-state index in [-0.39, 0.29) is 16.8 Å². The van der Waals surface area contributed by atoms with Crippen LogP contribution in [0.2, 0.25) is 0 Å². The van der Waals surface area contributed by atoms with E-state index in [0.717, 1.165) is 36.4 Å². The molecule has 2 aromatic rings. The Morgan fingerprint density at radius 2 is 1.58 bits per heavy atom. The lowest BCUT2D eigenvalue weighted by atomic mass is 10.0. The fourth-order valence-corrected chi connectivity index (χ4v) is 2.05. The van der Waals surface area contributed by atoms with E-state index < -0.39 is 29.0 Å². The number of rotatable bonds is 5. The molecule has 138 valence electrons. The molecule has 2 rings (SSSR count). The second kappa shape index (κ2) is 7.10. The number of non-ortho nitro benzene ring substituents is 1. The summed E-state index contributed by atoms with van der Waals surface area (Å²) in [5, 5.41) is 29.7. The molecule has 0 amide bonds. The second-order valence-electron chi connectivity index (χ2n) is 5.22. The predicted molar refractivity (Wildman–Crippen MR) is 80.9 cm³/mol. The molecule has 0 fully saturated rings. The highest BCUT2D eigenvalue weighted by molar-refractivity contribution is 5.89. The number of ether oxygens (including phenoxy) is 1. The van der Waals surface area contributed by atoms with Gasteiger partial charge in [-0.05, 0) is 17.7 Å². The molecule has 0 radical (unpaired) electrons. The van der Waals surface area contributed by atoms with Crippen molar-refractivity contribution >= 4 is 11.7 Å². The Kier molecular flexibility index (Phi) is 5.28.